The number of rotatable bonds is 4. The van der Waals surface area contributed by atoms with Crippen molar-refractivity contribution in [3.8, 4) is 11.3 Å². The van der Waals surface area contributed by atoms with Crippen molar-refractivity contribution in [3.63, 3.8) is 0 Å². The normalized spacial score (nSPS) is 12.1. The first-order chi connectivity index (χ1) is 13.9. The number of anilines is 1. The van der Waals surface area contributed by atoms with Gasteiger partial charge in [-0.15, -0.1) is 0 Å². The Morgan fingerprint density at radius 1 is 1.07 bits per heavy atom. The van der Waals surface area contributed by atoms with E-state index >= 15 is 0 Å². The summed E-state index contributed by atoms with van der Waals surface area (Å²) in [5.74, 6) is -2.03. The van der Waals surface area contributed by atoms with E-state index in [0.717, 1.165) is 28.6 Å². The quantitative estimate of drug-likeness (QED) is 0.459. The van der Waals surface area contributed by atoms with E-state index in [4.69, 9.17) is 11.6 Å². The summed E-state index contributed by atoms with van der Waals surface area (Å²) in [6.45, 7) is 1.66. The highest BCUT2D eigenvalue weighted by Crippen LogP contribution is 2.32. The zero-order chi connectivity index (χ0) is 20.5. The lowest BCUT2D eigenvalue weighted by Gasteiger charge is -2.14. The maximum absolute atomic E-state index is 13.9. The molecule has 0 aliphatic rings. The number of benzene rings is 3. The molecular weight excluding hydrogens is 396 g/mol. The van der Waals surface area contributed by atoms with E-state index in [1.54, 1.807) is 29.8 Å². The van der Waals surface area contributed by atoms with Gasteiger partial charge < -0.3 is 5.32 Å². The fourth-order valence-corrected chi connectivity index (χ4v) is 3.33. The Hall–Kier alpha value is -3.25. The van der Waals surface area contributed by atoms with Crippen molar-refractivity contribution >= 4 is 34.1 Å². The summed E-state index contributed by atoms with van der Waals surface area (Å²) in [4.78, 5) is 12.7. The molecule has 1 N–H and O–H groups in total. The average molecular weight is 412 g/mol. The highest BCUT2D eigenvalue weighted by molar-refractivity contribution is 6.31. The van der Waals surface area contributed by atoms with Crippen LogP contribution in [0.15, 0.2) is 66.7 Å². The van der Waals surface area contributed by atoms with Crippen LogP contribution in [0.1, 0.15) is 13.0 Å². The third kappa shape index (κ3) is 3.71. The molecule has 0 bridgehead atoms. The van der Waals surface area contributed by atoms with Crippen LogP contribution >= 0.6 is 11.6 Å². The van der Waals surface area contributed by atoms with E-state index in [0.29, 0.717) is 10.7 Å². The second-order valence-corrected chi connectivity index (χ2v) is 7.05. The number of fused-ring (bicyclic) bond motifs is 1. The number of nitrogens with one attached hydrogen (secondary N) is 1. The van der Waals surface area contributed by atoms with E-state index in [-0.39, 0.29) is 5.69 Å². The Kier molecular flexibility index (Phi) is 5.03. The lowest BCUT2D eigenvalue weighted by atomic mass is 10.1. The summed E-state index contributed by atoms with van der Waals surface area (Å²) in [5.41, 5.74) is 2.20. The monoisotopic (exact) mass is 411 g/mol. The van der Waals surface area contributed by atoms with Crippen LogP contribution in [-0.4, -0.2) is 15.7 Å². The Balaban J connectivity index is 1.74. The number of hydrogen-bond acceptors (Lipinski definition) is 2. The molecule has 4 nitrogen and oxygen atoms in total. The van der Waals surface area contributed by atoms with Crippen LogP contribution in [0.25, 0.3) is 22.2 Å². The molecule has 0 aliphatic carbocycles. The first-order valence-electron chi connectivity index (χ1n) is 8.93. The summed E-state index contributed by atoms with van der Waals surface area (Å²) in [6.07, 6.45) is 0. The van der Waals surface area contributed by atoms with Crippen LogP contribution in [0.2, 0.25) is 5.02 Å². The smallest absolute Gasteiger partial charge is 0.249 e. The van der Waals surface area contributed by atoms with E-state index in [9.17, 15) is 13.6 Å². The van der Waals surface area contributed by atoms with E-state index < -0.39 is 23.6 Å². The molecule has 4 aromatic rings. The number of amides is 1. The van der Waals surface area contributed by atoms with Gasteiger partial charge in [0.05, 0.1) is 11.2 Å². The van der Waals surface area contributed by atoms with Gasteiger partial charge >= 0.3 is 0 Å². The predicted molar refractivity (Wildman–Crippen MR) is 110 cm³/mol. The van der Waals surface area contributed by atoms with Crippen LogP contribution in [0.3, 0.4) is 0 Å². The predicted octanol–water partition coefficient (Wildman–Crippen LogP) is 5.83. The summed E-state index contributed by atoms with van der Waals surface area (Å²) in [5, 5.41) is 8.49. The van der Waals surface area contributed by atoms with Crippen molar-refractivity contribution in [2.24, 2.45) is 0 Å². The molecule has 1 heterocycles. The van der Waals surface area contributed by atoms with Gasteiger partial charge in [-0.2, -0.15) is 5.10 Å². The number of carbonyl (C=O) groups is 1. The zero-order valence-corrected chi connectivity index (χ0v) is 16.1. The van der Waals surface area contributed by atoms with Crippen molar-refractivity contribution in [1.82, 2.24) is 9.78 Å². The molecular formula is C22H16ClF2N3O. The van der Waals surface area contributed by atoms with Crippen LogP contribution in [-0.2, 0) is 4.79 Å². The minimum Gasteiger partial charge on any atom is -0.322 e. The molecule has 1 amide bonds. The van der Waals surface area contributed by atoms with Gasteiger partial charge in [0.2, 0.25) is 5.91 Å². The molecule has 1 aromatic heterocycles. The van der Waals surface area contributed by atoms with Crippen LogP contribution in [0, 0.1) is 11.6 Å². The number of carbonyl (C=O) groups excluding carboxylic acids is 1. The lowest BCUT2D eigenvalue weighted by Crippen LogP contribution is -2.25. The van der Waals surface area contributed by atoms with Crippen molar-refractivity contribution in [3.05, 3.63) is 83.4 Å². The maximum Gasteiger partial charge on any atom is 0.249 e. The van der Waals surface area contributed by atoms with Gasteiger partial charge in [0.1, 0.15) is 23.4 Å². The summed E-state index contributed by atoms with van der Waals surface area (Å²) in [7, 11) is 0. The Morgan fingerprint density at radius 3 is 2.55 bits per heavy atom. The highest BCUT2D eigenvalue weighted by Gasteiger charge is 2.22. The average Bonchev–Trinajstić information content (AvgIpc) is 3.08. The summed E-state index contributed by atoms with van der Waals surface area (Å²) in [6, 6.07) is 17.1. The van der Waals surface area contributed by atoms with Gasteiger partial charge in [-0.3, -0.25) is 9.48 Å². The third-order valence-electron chi connectivity index (χ3n) is 4.65. The fraction of sp³-hybridized carbons (Fsp3) is 0.0909. The standard InChI is InChI=1S/C22H16ClF2N3O/c1-13(22(29)26-19-9-8-16(24)12-18(19)25)28-20-10-7-15(23)11-17(20)21(27-28)14-5-3-2-4-6-14/h2-13H,1H3,(H,26,29)/t13-/m1/s1. The molecule has 0 radical (unpaired) electrons. The van der Waals surface area contributed by atoms with Crippen molar-refractivity contribution < 1.29 is 13.6 Å². The van der Waals surface area contributed by atoms with Gasteiger partial charge in [-0.05, 0) is 37.3 Å². The Bertz CT molecular complexity index is 1210. The van der Waals surface area contributed by atoms with Crippen LogP contribution in [0.5, 0.6) is 0 Å². The van der Waals surface area contributed by atoms with E-state index in [1.165, 1.54) is 6.07 Å². The maximum atomic E-state index is 13.9. The van der Waals surface area contributed by atoms with Gasteiger partial charge in [-0.25, -0.2) is 8.78 Å². The molecule has 0 saturated heterocycles. The topological polar surface area (TPSA) is 46.9 Å². The Labute approximate surface area is 170 Å². The van der Waals surface area contributed by atoms with Crippen molar-refractivity contribution in [2.75, 3.05) is 5.32 Å². The molecule has 3 aromatic carbocycles. The van der Waals surface area contributed by atoms with Gasteiger partial charge in [-0.1, -0.05) is 41.9 Å². The number of aromatic nitrogens is 2. The third-order valence-corrected chi connectivity index (χ3v) is 4.89. The zero-order valence-electron chi connectivity index (χ0n) is 15.4. The minimum atomic E-state index is -0.840. The Morgan fingerprint density at radius 2 is 1.83 bits per heavy atom. The number of halogens is 3. The molecule has 0 fully saturated rings. The largest absolute Gasteiger partial charge is 0.322 e. The number of nitrogens with zero attached hydrogens (tertiary/aromatic N) is 2. The molecule has 0 spiro atoms. The highest BCUT2D eigenvalue weighted by atomic mass is 35.5. The van der Waals surface area contributed by atoms with Gasteiger partial charge in [0, 0.05) is 22.0 Å². The summed E-state index contributed by atoms with van der Waals surface area (Å²) >= 11 is 6.18. The van der Waals surface area contributed by atoms with Crippen molar-refractivity contribution in [2.45, 2.75) is 13.0 Å². The van der Waals surface area contributed by atoms with Crippen molar-refractivity contribution in [1.29, 1.82) is 0 Å². The fourth-order valence-electron chi connectivity index (χ4n) is 3.16. The van der Waals surface area contributed by atoms with Crippen LogP contribution < -0.4 is 5.32 Å². The molecule has 7 heteroatoms. The molecule has 1 atom stereocenters. The van der Waals surface area contributed by atoms with Gasteiger partial charge in [0.15, 0.2) is 0 Å². The summed E-state index contributed by atoms with van der Waals surface area (Å²) < 4.78 is 28.6. The van der Waals surface area contributed by atoms with Gasteiger partial charge in [0.25, 0.3) is 0 Å². The molecule has 0 unspecified atom stereocenters. The second-order valence-electron chi connectivity index (χ2n) is 6.61. The second kappa shape index (κ2) is 7.64. The van der Waals surface area contributed by atoms with E-state index in [1.807, 2.05) is 30.3 Å². The molecule has 0 saturated carbocycles. The van der Waals surface area contributed by atoms with E-state index in [2.05, 4.69) is 10.4 Å². The minimum absolute atomic E-state index is 0.0916. The number of hydrogen-bond donors (Lipinski definition) is 1. The van der Waals surface area contributed by atoms with Crippen LogP contribution in [0.4, 0.5) is 14.5 Å². The molecule has 146 valence electrons. The SMILES string of the molecule is C[C@H](C(=O)Nc1ccc(F)cc1F)n1nc(-c2ccccc2)c2cc(Cl)ccc21. The molecule has 29 heavy (non-hydrogen) atoms. The molecule has 4 rings (SSSR count). The molecule has 0 aliphatic heterocycles. The lowest BCUT2D eigenvalue weighted by molar-refractivity contribution is -0.119. The first kappa shape index (κ1) is 19.1. The first-order valence-corrected chi connectivity index (χ1v) is 9.31.